The highest BCUT2D eigenvalue weighted by Gasteiger charge is 2.15. The Morgan fingerprint density at radius 3 is 2.50 bits per heavy atom. The van der Waals surface area contributed by atoms with Crippen molar-refractivity contribution in [3.05, 3.63) is 83.8 Å². The van der Waals surface area contributed by atoms with Crippen molar-refractivity contribution in [3.8, 4) is 5.75 Å². The minimum absolute atomic E-state index is 0.259. The van der Waals surface area contributed by atoms with Crippen LogP contribution in [0, 0.1) is 0 Å². The molecule has 0 aliphatic rings. The molecule has 0 bridgehead atoms. The van der Waals surface area contributed by atoms with E-state index in [4.69, 9.17) is 16.6 Å². The zero-order valence-electron chi connectivity index (χ0n) is 16.1. The molecule has 2 aromatic carbocycles. The van der Waals surface area contributed by atoms with E-state index < -0.39 is 0 Å². The number of aromatic hydroxyl groups is 1. The minimum atomic E-state index is 0.259. The molecule has 2 N–H and O–H groups in total. The molecule has 5 heteroatoms. The van der Waals surface area contributed by atoms with Crippen LogP contribution in [-0.2, 0) is 19.5 Å². The molecule has 0 saturated carbocycles. The second-order valence-corrected chi connectivity index (χ2v) is 7.18. The van der Waals surface area contributed by atoms with Crippen LogP contribution in [0.3, 0.4) is 0 Å². The van der Waals surface area contributed by atoms with Gasteiger partial charge in [-0.1, -0.05) is 43.7 Å². The van der Waals surface area contributed by atoms with E-state index >= 15 is 0 Å². The second-order valence-electron chi connectivity index (χ2n) is 6.79. The monoisotopic (exact) mass is 394 g/mol. The number of nitrogens with one attached hydrogen (secondary N) is 1. The normalized spacial score (nSPS) is 10.6. The van der Waals surface area contributed by atoms with E-state index in [2.05, 4.69) is 36.5 Å². The van der Waals surface area contributed by atoms with Crippen molar-refractivity contribution in [2.24, 2.45) is 0 Å². The predicted molar refractivity (Wildman–Crippen MR) is 117 cm³/mol. The van der Waals surface area contributed by atoms with Crippen LogP contribution in [0.1, 0.15) is 36.7 Å². The van der Waals surface area contributed by atoms with Gasteiger partial charge >= 0.3 is 0 Å². The van der Waals surface area contributed by atoms with Gasteiger partial charge in [-0.15, -0.1) is 0 Å². The number of unbranched alkanes of at least 4 members (excludes halogenated alkanes) is 1. The molecule has 0 atom stereocenters. The number of thiocarbonyl (C=S) groups is 1. The third-order valence-electron chi connectivity index (χ3n) is 4.59. The molecule has 0 amide bonds. The summed E-state index contributed by atoms with van der Waals surface area (Å²) in [6.07, 6.45) is 5.14. The van der Waals surface area contributed by atoms with Gasteiger partial charge < -0.3 is 19.7 Å². The zero-order valence-corrected chi connectivity index (χ0v) is 16.9. The van der Waals surface area contributed by atoms with E-state index in [1.54, 1.807) is 12.3 Å². The molecule has 1 heterocycles. The summed E-state index contributed by atoms with van der Waals surface area (Å²) in [7, 11) is 0. The second kappa shape index (κ2) is 9.95. The first-order chi connectivity index (χ1) is 13.7. The number of benzene rings is 2. The molecule has 0 fully saturated rings. The van der Waals surface area contributed by atoms with Gasteiger partial charge in [-0.2, -0.15) is 0 Å². The summed E-state index contributed by atoms with van der Waals surface area (Å²) >= 11 is 5.67. The largest absolute Gasteiger partial charge is 0.508 e. The topological polar surface area (TPSA) is 48.6 Å². The molecule has 4 nitrogen and oxygen atoms in total. The van der Waals surface area contributed by atoms with Crippen LogP contribution in [0.5, 0.6) is 5.75 Å². The van der Waals surface area contributed by atoms with E-state index in [9.17, 15) is 5.11 Å². The highest BCUT2D eigenvalue weighted by molar-refractivity contribution is 7.80. The minimum Gasteiger partial charge on any atom is -0.508 e. The maximum atomic E-state index is 10.1. The van der Waals surface area contributed by atoms with Crippen molar-refractivity contribution < 1.29 is 9.52 Å². The first-order valence-electron chi connectivity index (χ1n) is 9.60. The predicted octanol–water partition coefficient (Wildman–Crippen LogP) is 5.73. The summed E-state index contributed by atoms with van der Waals surface area (Å²) in [6, 6.07) is 19.5. The number of hydrogen-bond donors (Lipinski definition) is 2. The maximum Gasteiger partial charge on any atom is 0.174 e. The molecule has 0 unspecified atom stereocenters. The van der Waals surface area contributed by atoms with Crippen LogP contribution >= 0.6 is 12.2 Å². The molecule has 3 rings (SSSR count). The van der Waals surface area contributed by atoms with Crippen LogP contribution in [0.2, 0.25) is 0 Å². The third-order valence-corrected chi connectivity index (χ3v) is 4.95. The Labute approximate surface area is 171 Å². The first kappa shape index (κ1) is 20.0. The highest BCUT2D eigenvalue weighted by atomic mass is 32.1. The lowest BCUT2D eigenvalue weighted by Crippen LogP contribution is -2.33. The number of nitrogens with zero attached hydrogens (tertiary/aromatic N) is 1. The molecule has 0 saturated heterocycles. The molecule has 146 valence electrons. The van der Waals surface area contributed by atoms with E-state index in [0.717, 1.165) is 23.4 Å². The smallest absolute Gasteiger partial charge is 0.174 e. The Hall–Kier alpha value is -2.79. The summed E-state index contributed by atoms with van der Waals surface area (Å²) in [5.74, 6) is 1.07. The number of phenolic OH excluding ortho intramolecular Hbond substituents is 1. The molecule has 3 aromatic rings. The van der Waals surface area contributed by atoms with Crippen molar-refractivity contribution >= 4 is 23.0 Å². The van der Waals surface area contributed by atoms with Crippen molar-refractivity contribution in [1.29, 1.82) is 0 Å². The van der Waals surface area contributed by atoms with Crippen molar-refractivity contribution in [2.75, 3.05) is 5.32 Å². The Bertz CT molecular complexity index is 876. The molecule has 0 radical (unpaired) electrons. The molecule has 1 aromatic heterocycles. The molecule has 0 aliphatic carbocycles. The van der Waals surface area contributed by atoms with E-state index in [1.807, 2.05) is 35.2 Å². The molecular weight excluding hydrogens is 368 g/mol. The average molecular weight is 395 g/mol. The molecule has 28 heavy (non-hydrogen) atoms. The maximum absolute atomic E-state index is 10.1. The van der Waals surface area contributed by atoms with Gasteiger partial charge in [0.2, 0.25) is 0 Å². The van der Waals surface area contributed by atoms with Crippen molar-refractivity contribution in [1.82, 2.24) is 4.90 Å². The summed E-state index contributed by atoms with van der Waals surface area (Å²) in [6.45, 7) is 3.20. The summed E-state index contributed by atoms with van der Waals surface area (Å²) < 4.78 is 5.49. The summed E-state index contributed by atoms with van der Waals surface area (Å²) in [5.41, 5.74) is 3.10. The number of rotatable bonds is 8. The number of para-hydroxylation sites is 1. The number of furan rings is 1. The van der Waals surface area contributed by atoms with Gasteiger partial charge in [-0.05, 0) is 61.0 Å². The fraction of sp³-hybridized carbons (Fsp3) is 0.261. The van der Waals surface area contributed by atoms with Gasteiger partial charge in [0.1, 0.15) is 11.5 Å². The number of hydrogen-bond acceptors (Lipinski definition) is 3. The Balaban J connectivity index is 1.71. The summed E-state index contributed by atoms with van der Waals surface area (Å²) in [5, 5.41) is 14.0. The van der Waals surface area contributed by atoms with Gasteiger partial charge in [0.15, 0.2) is 5.11 Å². The van der Waals surface area contributed by atoms with Crippen molar-refractivity contribution in [3.63, 3.8) is 0 Å². The van der Waals surface area contributed by atoms with Gasteiger partial charge in [-0.25, -0.2) is 0 Å². The van der Waals surface area contributed by atoms with Crippen LogP contribution in [0.15, 0.2) is 71.3 Å². The third kappa shape index (κ3) is 5.60. The van der Waals surface area contributed by atoms with Crippen LogP contribution in [-0.4, -0.2) is 15.1 Å². The zero-order chi connectivity index (χ0) is 19.8. The summed E-state index contributed by atoms with van der Waals surface area (Å²) in [4.78, 5) is 1.98. The quantitative estimate of drug-likeness (QED) is 0.478. The Morgan fingerprint density at radius 2 is 1.82 bits per heavy atom. The Kier molecular flexibility index (Phi) is 7.09. The average Bonchev–Trinajstić information content (AvgIpc) is 3.22. The van der Waals surface area contributed by atoms with E-state index in [-0.39, 0.29) is 5.75 Å². The van der Waals surface area contributed by atoms with E-state index in [1.165, 1.54) is 18.4 Å². The lowest BCUT2D eigenvalue weighted by molar-refractivity contribution is 0.353. The van der Waals surface area contributed by atoms with Crippen LogP contribution in [0.4, 0.5) is 5.69 Å². The highest BCUT2D eigenvalue weighted by Crippen LogP contribution is 2.21. The molecular formula is C23H26N2O2S. The Morgan fingerprint density at radius 1 is 1.04 bits per heavy atom. The first-order valence-corrected chi connectivity index (χ1v) is 10.0. The van der Waals surface area contributed by atoms with Crippen LogP contribution < -0.4 is 5.32 Å². The molecule has 0 aliphatic heterocycles. The fourth-order valence-corrected chi connectivity index (χ4v) is 3.23. The number of phenols is 1. The lowest BCUT2D eigenvalue weighted by Gasteiger charge is -2.25. The van der Waals surface area contributed by atoms with Gasteiger partial charge in [0.25, 0.3) is 0 Å². The fourth-order valence-electron chi connectivity index (χ4n) is 2.98. The van der Waals surface area contributed by atoms with Gasteiger partial charge in [0, 0.05) is 17.8 Å². The number of anilines is 1. The molecule has 0 spiro atoms. The van der Waals surface area contributed by atoms with Gasteiger partial charge in [-0.3, -0.25) is 0 Å². The lowest BCUT2D eigenvalue weighted by atomic mass is 10.1. The number of aryl methyl sites for hydroxylation is 1. The van der Waals surface area contributed by atoms with Gasteiger partial charge in [0.05, 0.1) is 12.8 Å². The standard InChI is InChI=1S/C23H26N2O2S/c1-2-3-7-18-11-13-20(14-12-18)24-23(28)25(17-21-9-6-15-27-21)16-19-8-4-5-10-22(19)26/h4-6,8-15,26H,2-3,7,16-17H2,1H3,(H,24,28). The van der Waals surface area contributed by atoms with Crippen LogP contribution in [0.25, 0.3) is 0 Å². The van der Waals surface area contributed by atoms with E-state index in [0.29, 0.717) is 18.2 Å². The van der Waals surface area contributed by atoms with Crippen molar-refractivity contribution in [2.45, 2.75) is 39.3 Å². The SMILES string of the molecule is CCCCc1ccc(NC(=S)N(Cc2ccco2)Cc2ccccc2O)cc1.